The van der Waals surface area contributed by atoms with Crippen LogP contribution in [-0.4, -0.2) is 29.9 Å². The summed E-state index contributed by atoms with van der Waals surface area (Å²) in [6, 6.07) is 18.0. The molecule has 0 atom stereocenters. The van der Waals surface area contributed by atoms with Gasteiger partial charge in [0.25, 0.3) is 0 Å². The van der Waals surface area contributed by atoms with Crippen LogP contribution < -0.4 is 5.73 Å². The Kier molecular flexibility index (Phi) is 4.10. The third-order valence-corrected chi connectivity index (χ3v) is 5.29. The Morgan fingerprint density at radius 2 is 1.61 bits per heavy atom. The van der Waals surface area contributed by atoms with Crippen LogP contribution in [0, 0.1) is 0 Å². The first-order chi connectivity index (χ1) is 13.8. The Balaban J connectivity index is 1.58. The van der Waals surface area contributed by atoms with E-state index >= 15 is 0 Å². The second-order valence-corrected chi connectivity index (χ2v) is 7.11. The van der Waals surface area contributed by atoms with E-state index in [1.165, 1.54) is 11.8 Å². The summed E-state index contributed by atoms with van der Waals surface area (Å²) in [6.45, 7) is 0. The molecule has 0 unspecified atom stereocenters. The molecule has 28 heavy (non-hydrogen) atoms. The number of anilines is 1. The molecule has 0 aliphatic carbocycles. The maximum atomic E-state index is 5.83. The molecule has 0 spiro atoms. The lowest BCUT2D eigenvalue weighted by Crippen LogP contribution is -2.00. The highest BCUT2D eigenvalue weighted by Crippen LogP contribution is 2.31. The highest BCUT2D eigenvalue weighted by atomic mass is 32.2. The number of aromatic nitrogens is 6. The first kappa shape index (κ1) is 16.6. The number of rotatable bonds is 4. The lowest BCUT2D eigenvalue weighted by molar-refractivity contribution is 1.09. The van der Waals surface area contributed by atoms with Crippen LogP contribution in [0.15, 0.2) is 66.0 Å². The summed E-state index contributed by atoms with van der Waals surface area (Å²) >= 11 is 1.53. The normalized spacial score (nSPS) is 11.3. The van der Waals surface area contributed by atoms with Gasteiger partial charge >= 0.3 is 0 Å². The number of nitrogens with one attached hydrogen (secondary N) is 1. The van der Waals surface area contributed by atoms with Gasteiger partial charge in [0.2, 0.25) is 5.95 Å². The van der Waals surface area contributed by atoms with Crippen molar-refractivity contribution in [3.8, 4) is 11.3 Å². The van der Waals surface area contributed by atoms with Gasteiger partial charge < -0.3 is 10.7 Å². The molecular weight excluding hydrogens is 370 g/mol. The Labute approximate surface area is 164 Å². The Morgan fingerprint density at radius 3 is 2.43 bits per heavy atom. The summed E-state index contributed by atoms with van der Waals surface area (Å²) in [5.74, 6) is 0.794. The molecule has 0 radical (unpaired) electrons. The van der Waals surface area contributed by atoms with E-state index in [2.05, 4.69) is 19.9 Å². The number of thioether (sulfide) groups is 1. The number of benzene rings is 2. The lowest BCUT2D eigenvalue weighted by atomic mass is 10.1. The molecule has 3 heterocycles. The number of nitrogen functional groups attached to an aromatic ring is 1. The monoisotopic (exact) mass is 385 g/mol. The Hall–Kier alpha value is -3.52. The number of para-hydroxylation sites is 2. The van der Waals surface area contributed by atoms with E-state index in [0.717, 1.165) is 38.5 Å². The van der Waals surface area contributed by atoms with Gasteiger partial charge in [-0.2, -0.15) is 4.98 Å². The van der Waals surface area contributed by atoms with E-state index in [1.807, 2.05) is 54.6 Å². The highest BCUT2D eigenvalue weighted by molar-refractivity contribution is 7.98. The fourth-order valence-corrected chi connectivity index (χ4v) is 3.96. The smallest absolute Gasteiger partial charge is 0.223 e. The van der Waals surface area contributed by atoms with E-state index in [9.17, 15) is 0 Å². The van der Waals surface area contributed by atoms with Crippen LogP contribution in [0.5, 0.6) is 0 Å². The third-order valence-electron chi connectivity index (χ3n) is 4.31. The molecule has 0 saturated heterocycles. The largest absolute Gasteiger partial charge is 0.368 e. The minimum absolute atomic E-state index is 0.204. The summed E-state index contributed by atoms with van der Waals surface area (Å²) in [6.07, 6.45) is 1.59. The zero-order valence-corrected chi connectivity index (χ0v) is 15.5. The van der Waals surface area contributed by atoms with Crippen molar-refractivity contribution in [3.63, 3.8) is 0 Å². The second kappa shape index (κ2) is 6.90. The number of H-pyrrole nitrogens is 1. The van der Waals surface area contributed by atoms with E-state index in [1.54, 1.807) is 6.33 Å². The molecule has 0 aliphatic heterocycles. The van der Waals surface area contributed by atoms with Gasteiger partial charge in [-0.25, -0.2) is 19.9 Å². The third kappa shape index (κ3) is 3.03. The zero-order valence-electron chi connectivity index (χ0n) is 14.7. The van der Waals surface area contributed by atoms with Gasteiger partial charge in [-0.05, 0) is 12.1 Å². The molecule has 0 amide bonds. The molecule has 0 bridgehead atoms. The summed E-state index contributed by atoms with van der Waals surface area (Å²) < 4.78 is 0. The van der Waals surface area contributed by atoms with Crippen molar-refractivity contribution in [1.29, 1.82) is 0 Å². The van der Waals surface area contributed by atoms with Gasteiger partial charge in [-0.15, -0.1) is 0 Å². The van der Waals surface area contributed by atoms with Crippen molar-refractivity contribution in [2.45, 2.75) is 10.8 Å². The summed E-state index contributed by atoms with van der Waals surface area (Å²) in [5, 5.41) is 0.744. The van der Waals surface area contributed by atoms with E-state index < -0.39 is 0 Å². The van der Waals surface area contributed by atoms with E-state index in [4.69, 9.17) is 15.7 Å². The van der Waals surface area contributed by atoms with Gasteiger partial charge in [0, 0.05) is 11.3 Å². The highest BCUT2D eigenvalue weighted by Gasteiger charge is 2.14. The molecule has 5 aromatic rings. The number of aromatic amines is 1. The van der Waals surface area contributed by atoms with Crippen LogP contribution in [0.3, 0.4) is 0 Å². The molecule has 5 rings (SSSR count). The van der Waals surface area contributed by atoms with Crippen molar-refractivity contribution in [1.82, 2.24) is 29.9 Å². The molecule has 2 aromatic carbocycles. The number of fused-ring (bicyclic) bond motifs is 2. The van der Waals surface area contributed by atoms with Gasteiger partial charge in [0.05, 0.1) is 28.7 Å². The molecular formula is C20H15N7S. The van der Waals surface area contributed by atoms with Crippen molar-refractivity contribution < 1.29 is 0 Å². The van der Waals surface area contributed by atoms with Crippen molar-refractivity contribution >= 4 is 39.9 Å². The van der Waals surface area contributed by atoms with Crippen molar-refractivity contribution in [2.24, 2.45) is 0 Å². The predicted molar refractivity (Wildman–Crippen MR) is 111 cm³/mol. The van der Waals surface area contributed by atoms with Crippen LogP contribution in [0.2, 0.25) is 0 Å². The predicted octanol–water partition coefficient (Wildman–Crippen LogP) is 3.84. The summed E-state index contributed by atoms with van der Waals surface area (Å²) in [5.41, 5.74) is 11.7. The molecule has 3 N–H and O–H groups in total. The lowest BCUT2D eigenvalue weighted by Gasteiger charge is -2.10. The number of hydrogen-bond acceptors (Lipinski definition) is 7. The van der Waals surface area contributed by atoms with Gasteiger partial charge in [-0.3, -0.25) is 0 Å². The molecule has 0 saturated carbocycles. The number of imidazole rings is 1. The molecule has 7 nitrogen and oxygen atoms in total. The average Bonchev–Trinajstić information content (AvgIpc) is 3.20. The van der Waals surface area contributed by atoms with Crippen LogP contribution in [0.1, 0.15) is 5.69 Å². The second-order valence-electron chi connectivity index (χ2n) is 6.15. The maximum Gasteiger partial charge on any atom is 0.223 e. The molecule has 0 fully saturated rings. The van der Waals surface area contributed by atoms with Gasteiger partial charge in [0.15, 0.2) is 5.65 Å². The topological polar surface area (TPSA) is 106 Å². The molecule has 8 heteroatoms. The number of nitrogens with zero attached hydrogens (tertiary/aromatic N) is 5. The average molecular weight is 385 g/mol. The summed E-state index contributed by atoms with van der Waals surface area (Å²) in [7, 11) is 0. The van der Waals surface area contributed by atoms with Crippen LogP contribution in [0.25, 0.3) is 33.5 Å². The van der Waals surface area contributed by atoms with Crippen LogP contribution in [-0.2, 0) is 5.75 Å². The minimum atomic E-state index is 0.204. The SMILES string of the molecule is Nc1nc(SCc2nc3ccccc3nc2-c2ccccc2)c2[nH]cnc2n1. The fraction of sp³-hybridized carbons (Fsp3) is 0.0500. The van der Waals surface area contributed by atoms with Crippen molar-refractivity contribution in [2.75, 3.05) is 5.73 Å². The molecule has 0 aliphatic rings. The van der Waals surface area contributed by atoms with E-state index in [-0.39, 0.29) is 5.95 Å². The van der Waals surface area contributed by atoms with Gasteiger partial charge in [-0.1, -0.05) is 54.2 Å². The molecule has 3 aromatic heterocycles. The maximum absolute atomic E-state index is 5.83. The standard InChI is InChI=1S/C20H15N7S/c21-20-26-18-17(22-11-23-18)19(27-20)28-10-15-16(12-6-2-1-3-7-12)25-14-9-5-4-8-13(14)24-15/h1-9,11H,10H2,(H3,21,22,23,26,27). The fourth-order valence-electron chi connectivity index (χ4n) is 3.03. The first-order valence-electron chi connectivity index (χ1n) is 8.68. The minimum Gasteiger partial charge on any atom is -0.368 e. The Bertz CT molecular complexity index is 1280. The Morgan fingerprint density at radius 1 is 0.857 bits per heavy atom. The van der Waals surface area contributed by atoms with Crippen LogP contribution in [0.4, 0.5) is 5.95 Å². The molecule has 136 valence electrons. The van der Waals surface area contributed by atoms with Crippen LogP contribution >= 0.6 is 11.8 Å². The number of hydrogen-bond donors (Lipinski definition) is 2. The van der Waals surface area contributed by atoms with Crippen molar-refractivity contribution in [3.05, 3.63) is 66.6 Å². The van der Waals surface area contributed by atoms with Gasteiger partial charge in [0.1, 0.15) is 10.5 Å². The summed E-state index contributed by atoms with van der Waals surface area (Å²) in [4.78, 5) is 25.5. The number of nitrogens with two attached hydrogens (primary N) is 1. The zero-order chi connectivity index (χ0) is 18.9. The first-order valence-corrected chi connectivity index (χ1v) is 9.67. The quantitative estimate of drug-likeness (QED) is 0.357. The van der Waals surface area contributed by atoms with E-state index in [0.29, 0.717) is 11.4 Å².